The second-order valence-electron chi connectivity index (χ2n) is 6.35. The van der Waals surface area contributed by atoms with E-state index in [1.165, 1.54) is 37.1 Å². The number of carbonyl (C=O) groups is 2. The van der Waals surface area contributed by atoms with E-state index in [1.54, 1.807) is 12.1 Å². The molecule has 0 amide bonds. The molecule has 1 aliphatic rings. The molecule has 6 heteroatoms. The number of carbonyl (C=O) groups excluding carboxylic acids is 1. The Hall–Kier alpha value is -3.04. The molecule has 1 aromatic carbocycles. The van der Waals surface area contributed by atoms with Gasteiger partial charge in [0.15, 0.2) is 0 Å². The molecule has 0 aliphatic carbocycles. The fourth-order valence-electron chi connectivity index (χ4n) is 2.30. The van der Waals surface area contributed by atoms with Crippen molar-refractivity contribution >= 4 is 17.9 Å². The van der Waals surface area contributed by atoms with Gasteiger partial charge in [-0.05, 0) is 58.5 Å². The van der Waals surface area contributed by atoms with Crippen LogP contribution < -0.4 is 11.1 Å². The SMILES string of the molecule is C#C.C=C(C)C.C=C(N)[C@@H]1CCCN1C.CC.O=CCNc1cccc(C(=O)O)c1. The Bertz CT molecular complexity index is 650. The van der Waals surface area contributed by atoms with Crippen LogP contribution >= 0.6 is 0 Å². The molecule has 4 N–H and O–H groups in total. The summed E-state index contributed by atoms with van der Waals surface area (Å²) < 4.78 is 0. The Morgan fingerprint density at radius 1 is 1.33 bits per heavy atom. The monoisotopic (exact) mass is 417 g/mol. The number of rotatable bonds is 5. The molecule has 0 aromatic heterocycles. The zero-order valence-electron chi connectivity index (χ0n) is 19.1. The summed E-state index contributed by atoms with van der Waals surface area (Å²) in [5.41, 5.74) is 8.37. The summed E-state index contributed by atoms with van der Waals surface area (Å²) in [6.45, 7) is 16.6. The van der Waals surface area contributed by atoms with Crippen molar-refractivity contribution in [3.8, 4) is 12.8 Å². The molecule has 0 saturated carbocycles. The number of hydrogen-bond donors (Lipinski definition) is 3. The third kappa shape index (κ3) is 17.1. The number of aromatic carboxylic acids is 1. The summed E-state index contributed by atoms with van der Waals surface area (Å²) in [4.78, 5) is 22.8. The van der Waals surface area contributed by atoms with Crippen LogP contribution in [0, 0.1) is 12.8 Å². The predicted molar refractivity (Wildman–Crippen MR) is 129 cm³/mol. The van der Waals surface area contributed by atoms with Gasteiger partial charge in [0, 0.05) is 17.4 Å². The van der Waals surface area contributed by atoms with E-state index in [-0.39, 0.29) is 12.1 Å². The van der Waals surface area contributed by atoms with Crippen LogP contribution in [0.5, 0.6) is 0 Å². The van der Waals surface area contributed by atoms with Crippen LogP contribution in [0.25, 0.3) is 0 Å². The zero-order valence-corrected chi connectivity index (χ0v) is 19.1. The van der Waals surface area contributed by atoms with E-state index in [4.69, 9.17) is 10.8 Å². The van der Waals surface area contributed by atoms with Crippen molar-refractivity contribution in [3.63, 3.8) is 0 Å². The molecule has 168 valence electrons. The number of likely N-dealkylation sites (tertiary alicyclic amines) is 1. The van der Waals surface area contributed by atoms with Gasteiger partial charge in [-0.15, -0.1) is 19.4 Å². The number of nitrogens with zero attached hydrogens (tertiary/aromatic N) is 1. The molecule has 1 aliphatic heterocycles. The molecular weight excluding hydrogens is 378 g/mol. The van der Waals surface area contributed by atoms with Gasteiger partial charge in [-0.2, -0.15) is 0 Å². The molecule has 1 saturated heterocycles. The zero-order chi connectivity index (χ0) is 24.1. The topological polar surface area (TPSA) is 95.7 Å². The van der Waals surface area contributed by atoms with E-state index in [1.807, 2.05) is 27.7 Å². The maximum absolute atomic E-state index is 10.5. The molecule has 0 bridgehead atoms. The van der Waals surface area contributed by atoms with Crippen LogP contribution in [-0.2, 0) is 4.79 Å². The molecule has 6 nitrogen and oxygen atoms in total. The first kappa shape index (κ1) is 31.6. The number of carboxylic acids is 1. The van der Waals surface area contributed by atoms with Crippen LogP contribution in [0.1, 0.15) is 50.9 Å². The molecule has 1 aromatic rings. The summed E-state index contributed by atoms with van der Waals surface area (Å²) in [6, 6.07) is 6.75. The number of hydrogen-bond acceptors (Lipinski definition) is 5. The Morgan fingerprint density at radius 2 is 1.87 bits per heavy atom. The third-order valence-electron chi connectivity index (χ3n) is 3.45. The highest BCUT2D eigenvalue weighted by Gasteiger charge is 2.21. The highest BCUT2D eigenvalue weighted by atomic mass is 16.4. The van der Waals surface area contributed by atoms with E-state index in [9.17, 15) is 9.59 Å². The number of carboxylic acid groups (broad SMARTS) is 1. The average Bonchev–Trinajstić information content (AvgIpc) is 3.16. The molecule has 1 fully saturated rings. The van der Waals surface area contributed by atoms with Gasteiger partial charge in [0.25, 0.3) is 0 Å². The predicted octanol–water partition coefficient (Wildman–Crippen LogP) is 4.41. The summed E-state index contributed by atoms with van der Waals surface area (Å²) in [5, 5.41) is 11.4. The van der Waals surface area contributed by atoms with Gasteiger partial charge in [-0.25, -0.2) is 4.79 Å². The first-order valence-electron chi connectivity index (χ1n) is 9.79. The second-order valence-corrected chi connectivity index (χ2v) is 6.35. The molecule has 0 spiro atoms. The third-order valence-corrected chi connectivity index (χ3v) is 3.45. The van der Waals surface area contributed by atoms with Gasteiger partial charge in [0.05, 0.1) is 12.1 Å². The molecule has 2 rings (SSSR count). The molecule has 30 heavy (non-hydrogen) atoms. The van der Waals surface area contributed by atoms with Gasteiger partial charge in [0.2, 0.25) is 0 Å². The Balaban J connectivity index is -0.000000373. The summed E-state index contributed by atoms with van der Waals surface area (Å²) in [6.07, 6.45) is 11.2. The van der Waals surface area contributed by atoms with Gasteiger partial charge >= 0.3 is 5.97 Å². The van der Waals surface area contributed by atoms with Crippen molar-refractivity contribution in [2.24, 2.45) is 5.73 Å². The van der Waals surface area contributed by atoms with Crippen LogP contribution in [0.4, 0.5) is 5.69 Å². The number of nitrogens with one attached hydrogen (secondary N) is 1. The number of allylic oxidation sites excluding steroid dienone is 1. The van der Waals surface area contributed by atoms with Crippen molar-refractivity contribution in [3.05, 3.63) is 54.3 Å². The van der Waals surface area contributed by atoms with E-state index >= 15 is 0 Å². The number of aldehydes is 1. The maximum Gasteiger partial charge on any atom is 0.335 e. The summed E-state index contributed by atoms with van der Waals surface area (Å²) in [7, 11) is 2.09. The van der Waals surface area contributed by atoms with E-state index in [0.717, 1.165) is 5.70 Å². The average molecular weight is 418 g/mol. The number of anilines is 1. The van der Waals surface area contributed by atoms with E-state index in [2.05, 4.69) is 43.3 Å². The molecule has 0 unspecified atom stereocenters. The smallest absolute Gasteiger partial charge is 0.335 e. The highest BCUT2D eigenvalue weighted by Crippen LogP contribution is 2.17. The normalized spacial score (nSPS) is 13.8. The minimum absolute atomic E-state index is 0.184. The minimum atomic E-state index is -0.977. The van der Waals surface area contributed by atoms with Crippen LogP contribution in [0.2, 0.25) is 0 Å². The standard InChI is InChI=1S/C9H9NO3.C7H14N2.C4H8.C2H6.C2H2/c11-5-4-10-8-3-1-2-7(6-8)9(12)13;1-6(8)7-4-3-5-9(7)2;1-4(2)3;2*1-2/h1-3,5-6,10H,4H2,(H,12,13);7H,1,3-5,8H2,2H3;1H2,2-3H3;1-2H3;1-2H/t;7-;;;/m.0.../s1. The first-order chi connectivity index (χ1) is 14.2. The first-order valence-corrected chi connectivity index (χ1v) is 9.79. The van der Waals surface area contributed by atoms with Crippen LogP contribution in [0.3, 0.4) is 0 Å². The lowest BCUT2D eigenvalue weighted by atomic mass is 10.2. The van der Waals surface area contributed by atoms with Crippen molar-refractivity contribution in [2.75, 3.05) is 25.5 Å². The lowest BCUT2D eigenvalue weighted by molar-refractivity contribution is -0.106. The fourth-order valence-corrected chi connectivity index (χ4v) is 2.30. The van der Waals surface area contributed by atoms with Crippen molar-refractivity contribution in [1.29, 1.82) is 0 Å². The van der Waals surface area contributed by atoms with Gasteiger partial charge < -0.3 is 21.0 Å². The molecule has 1 atom stereocenters. The lowest BCUT2D eigenvalue weighted by Gasteiger charge is -2.18. The van der Waals surface area contributed by atoms with Crippen LogP contribution in [0.15, 0.2) is 48.7 Å². The minimum Gasteiger partial charge on any atom is -0.478 e. The number of nitrogens with two attached hydrogens (primary N) is 1. The Labute approximate surface area is 182 Å². The number of terminal acetylenes is 1. The Kier molecular flexibility index (Phi) is 21.8. The number of benzene rings is 1. The van der Waals surface area contributed by atoms with Crippen LogP contribution in [-0.4, -0.2) is 48.4 Å². The van der Waals surface area contributed by atoms with Crippen molar-refractivity contribution in [1.82, 2.24) is 4.90 Å². The molecule has 0 radical (unpaired) electrons. The largest absolute Gasteiger partial charge is 0.478 e. The quantitative estimate of drug-likeness (QED) is 0.373. The van der Waals surface area contributed by atoms with E-state index < -0.39 is 5.97 Å². The summed E-state index contributed by atoms with van der Waals surface area (Å²) in [5.74, 6) is -0.977. The van der Waals surface area contributed by atoms with Crippen molar-refractivity contribution < 1.29 is 14.7 Å². The highest BCUT2D eigenvalue weighted by molar-refractivity contribution is 5.88. The summed E-state index contributed by atoms with van der Waals surface area (Å²) >= 11 is 0. The van der Waals surface area contributed by atoms with Gasteiger partial charge in [-0.3, -0.25) is 4.90 Å². The van der Waals surface area contributed by atoms with Gasteiger partial charge in [-0.1, -0.05) is 32.1 Å². The second kappa shape index (κ2) is 20.7. The van der Waals surface area contributed by atoms with Gasteiger partial charge in [0.1, 0.15) is 6.29 Å². The lowest BCUT2D eigenvalue weighted by Crippen LogP contribution is -2.29. The Morgan fingerprint density at radius 3 is 2.20 bits per heavy atom. The fraction of sp³-hybridized carbons (Fsp3) is 0.417. The van der Waals surface area contributed by atoms with E-state index in [0.29, 0.717) is 18.0 Å². The number of likely N-dealkylation sites (N-methyl/N-ethyl adjacent to an activating group) is 1. The molecule has 1 heterocycles. The molecular formula is C24H39N3O3. The maximum atomic E-state index is 10.5. The van der Waals surface area contributed by atoms with Crippen molar-refractivity contribution in [2.45, 2.75) is 46.6 Å².